The van der Waals surface area contributed by atoms with Crippen LogP contribution in [-0.2, 0) is 10.0 Å². The van der Waals surface area contributed by atoms with E-state index in [2.05, 4.69) is 19.7 Å². The zero-order valence-electron chi connectivity index (χ0n) is 12.0. The molecular formula is C14H14N4O3S. The van der Waals surface area contributed by atoms with E-state index in [0.717, 1.165) is 5.56 Å². The van der Waals surface area contributed by atoms with Gasteiger partial charge in [-0.3, -0.25) is 4.72 Å². The van der Waals surface area contributed by atoms with E-state index in [4.69, 9.17) is 4.74 Å². The molecule has 0 radical (unpaired) electrons. The molecule has 0 saturated heterocycles. The molecule has 2 heterocycles. The zero-order chi connectivity index (χ0) is 15.7. The lowest BCUT2D eigenvalue weighted by Crippen LogP contribution is -2.13. The van der Waals surface area contributed by atoms with Crippen LogP contribution in [0.3, 0.4) is 0 Å². The highest BCUT2D eigenvalue weighted by Crippen LogP contribution is 2.23. The Hall–Kier alpha value is -2.61. The van der Waals surface area contributed by atoms with Gasteiger partial charge in [-0.25, -0.2) is 18.4 Å². The average Bonchev–Trinajstić information content (AvgIpc) is 2.94. The number of ether oxygens (including phenoxy) is 1. The number of methoxy groups -OCH3 is 1. The van der Waals surface area contributed by atoms with Gasteiger partial charge in [0.25, 0.3) is 10.0 Å². The van der Waals surface area contributed by atoms with E-state index in [-0.39, 0.29) is 4.90 Å². The highest BCUT2D eigenvalue weighted by atomic mass is 32.2. The van der Waals surface area contributed by atoms with Gasteiger partial charge in [0, 0.05) is 0 Å². The van der Waals surface area contributed by atoms with E-state index >= 15 is 0 Å². The van der Waals surface area contributed by atoms with Gasteiger partial charge in [0.05, 0.1) is 35.7 Å². The third-order valence-corrected chi connectivity index (χ3v) is 4.58. The molecule has 8 heteroatoms. The van der Waals surface area contributed by atoms with Gasteiger partial charge in [-0.1, -0.05) is 0 Å². The minimum absolute atomic E-state index is 0.163. The van der Waals surface area contributed by atoms with Crippen molar-refractivity contribution in [3.05, 3.63) is 42.4 Å². The largest absolute Gasteiger partial charge is 0.496 e. The van der Waals surface area contributed by atoms with E-state index in [1.54, 1.807) is 32.2 Å². The zero-order valence-corrected chi connectivity index (χ0v) is 12.8. The summed E-state index contributed by atoms with van der Waals surface area (Å²) in [5, 5.41) is 0. The van der Waals surface area contributed by atoms with Gasteiger partial charge in [-0.05, 0) is 36.8 Å². The van der Waals surface area contributed by atoms with E-state index < -0.39 is 10.0 Å². The number of nitrogens with one attached hydrogen (secondary N) is 2. The van der Waals surface area contributed by atoms with Gasteiger partial charge in [0.15, 0.2) is 5.65 Å². The van der Waals surface area contributed by atoms with Crippen molar-refractivity contribution in [2.45, 2.75) is 11.8 Å². The van der Waals surface area contributed by atoms with Gasteiger partial charge in [0.2, 0.25) is 0 Å². The van der Waals surface area contributed by atoms with Crippen molar-refractivity contribution in [2.24, 2.45) is 0 Å². The normalized spacial score (nSPS) is 11.5. The first kappa shape index (κ1) is 14.3. The number of hydrogen-bond donors (Lipinski definition) is 2. The quantitative estimate of drug-likeness (QED) is 0.767. The summed E-state index contributed by atoms with van der Waals surface area (Å²) in [7, 11) is -2.15. The van der Waals surface area contributed by atoms with E-state index in [0.29, 0.717) is 22.6 Å². The van der Waals surface area contributed by atoms with Crippen molar-refractivity contribution >= 4 is 26.9 Å². The predicted molar refractivity (Wildman–Crippen MR) is 82.4 cm³/mol. The number of benzene rings is 1. The smallest absolute Gasteiger partial charge is 0.261 e. The summed E-state index contributed by atoms with van der Waals surface area (Å²) < 4.78 is 32.5. The Kier molecular flexibility index (Phi) is 3.45. The average molecular weight is 318 g/mol. The number of fused-ring (bicyclic) bond motifs is 1. The SMILES string of the molecule is COc1ccc(S(=O)(=O)Nc2cnc3nc[nH]c3c2)cc1C. The lowest BCUT2D eigenvalue weighted by Gasteiger charge is -2.10. The highest BCUT2D eigenvalue weighted by molar-refractivity contribution is 7.92. The first-order valence-electron chi connectivity index (χ1n) is 6.46. The molecule has 3 aromatic rings. The van der Waals surface area contributed by atoms with Crippen LogP contribution in [0, 0.1) is 6.92 Å². The number of aryl methyl sites for hydroxylation is 1. The summed E-state index contributed by atoms with van der Waals surface area (Å²) >= 11 is 0. The van der Waals surface area contributed by atoms with Gasteiger partial charge in [0.1, 0.15) is 5.75 Å². The molecule has 0 saturated carbocycles. The summed E-state index contributed by atoms with van der Waals surface area (Å²) in [6, 6.07) is 6.32. The molecule has 3 rings (SSSR count). The standard InChI is InChI=1S/C14H14N4O3S/c1-9-5-11(3-4-13(9)21-2)22(19,20)18-10-6-12-14(15-7-10)17-8-16-12/h3-8,18H,1-2H3,(H,15,16,17). The van der Waals surface area contributed by atoms with Crippen molar-refractivity contribution in [1.82, 2.24) is 15.0 Å². The number of sulfonamides is 1. The fraction of sp³-hybridized carbons (Fsp3) is 0.143. The maximum Gasteiger partial charge on any atom is 0.261 e. The molecule has 0 aliphatic heterocycles. The molecule has 0 fully saturated rings. The summed E-state index contributed by atoms with van der Waals surface area (Å²) in [4.78, 5) is 11.1. The van der Waals surface area contributed by atoms with E-state index in [9.17, 15) is 8.42 Å². The maximum atomic E-state index is 12.4. The first-order chi connectivity index (χ1) is 10.5. The van der Waals surface area contributed by atoms with Crippen LogP contribution in [0.15, 0.2) is 41.7 Å². The lowest BCUT2D eigenvalue weighted by molar-refractivity contribution is 0.411. The van der Waals surface area contributed by atoms with Crippen LogP contribution in [0.5, 0.6) is 5.75 Å². The number of H-pyrrole nitrogens is 1. The van der Waals surface area contributed by atoms with Gasteiger partial charge < -0.3 is 9.72 Å². The number of nitrogens with zero attached hydrogens (tertiary/aromatic N) is 2. The molecule has 0 bridgehead atoms. The summed E-state index contributed by atoms with van der Waals surface area (Å²) in [5.74, 6) is 0.638. The second-order valence-corrected chi connectivity index (χ2v) is 6.42. The number of hydrogen-bond acceptors (Lipinski definition) is 5. The van der Waals surface area contributed by atoms with Crippen molar-refractivity contribution < 1.29 is 13.2 Å². The molecule has 0 spiro atoms. The molecule has 0 aliphatic carbocycles. The third kappa shape index (κ3) is 2.60. The van der Waals surface area contributed by atoms with E-state index in [1.807, 2.05) is 0 Å². The Balaban J connectivity index is 1.93. The molecule has 0 amide bonds. The van der Waals surface area contributed by atoms with Gasteiger partial charge in [-0.15, -0.1) is 0 Å². The number of anilines is 1. The Morgan fingerprint density at radius 1 is 1.23 bits per heavy atom. The number of imidazole rings is 1. The Morgan fingerprint density at radius 2 is 2.05 bits per heavy atom. The summed E-state index contributed by atoms with van der Waals surface area (Å²) in [5.41, 5.74) is 2.30. The number of rotatable bonds is 4. The fourth-order valence-corrected chi connectivity index (χ4v) is 3.24. The van der Waals surface area contributed by atoms with Crippen molar-refractivity contribution in [2.75, 3.05) is 11.8 Å². The van der Waals surface area contributed by atoms with Gasteiger partial charge >= 0.3 is 0 Å². The van der Waals surface area contributed by atoms with Crippen molar-refractivity contribution in [1.29, 1.82) is 0 Å². The molecule has 1 aromatic carbocycles. The second kappa shape index (κ2) is 5.30. The molecule has 22 heavy (non-hydrogen) atoms. The number of aromatic nitrogens is 3. The van der Waals surface area contributed by atoms with Crippen LogP contribution in [0.2, 0.25) is 0 Å². The Labute approximate surface area is 127 Å². The Bertz CT molecular complexity index is 934. The predicted octanol–water partition coefficient (Wildman–Crippen LogP) is 2.08. The molecule has 0 unspecified atom stereocenters. The minimum atomic E-state index is -3.69. The topological polar surface area (TPSA) is 97.0 Å². The highest BCUT2D eigenvalue weighted by Gasteiger charge is 2.16. The van der Waals surface area contributed by atoms with Crippen LogP contribution in [0.25, 0.3) is 11.2 Å². The van der Waals surface area contributed by atoms with Crippen LogP contribution in [-0.4, -0.2) is 30.5 Å². The Morgan fingerprint density at radius 3 is 2.77 bits per heavy atom. The van der Waals surface area contributed by atoms with Crippen LogP contribution >= 0.6 is 0 Å². The van der Waals surface area contributed by atoms with Crippen molar-refractivity contribution in [3.8, 4) is 5.75 Å². The first-order valence-corrected chi connectivity index (χ1v) is 7.94. The fourth-order valence-electron chi connectivity index (χ4n) is 2.12. The minimum Gasteiger partial charge on any atom is -0.496 e. The monoisotopic (exact) mass is 318 g/mol. The summed E-state index contributed by atoms with van der Waals surface area (Å²) in [6.45, 7) is 1.79. The molecule has 2 aromatic heterocycles. The molecule has 114 valence electrons. The molecule has 7 nitrogen and oxygen atoms in total. The van der Waals surface area contributed by atoms with E-state index in [1.165, 1.54) is 18.6 Å². The number of aromatic amines is 1. The maximum absolute atomic E-state index is 12.4. The molecule has 0 atom stereocenters. The lowest BCUT2D eigenvalue weighted by atomic mass is 10.2. The molecule has 0 aliphatic rings. The molecular weight excluding hydrogens is 304 g/mol. The van der Waals surface area contributed by atoms with Crippen molar-refractivity contribution in [3.63, 3.8) is 0 Å². The second-order valence-electron chi connectivity index (χ2n) is 4.73. The number of pyridine rings is 1. The summed E-state index contributed by atoms with van der Waals surface area (Å²) in [6.07, 6.45) is 2.93. The van der Waals surface area contributed by atoms with Gasteiger partial charge in [-0.2, -0.15) is 0 Å². The van der Waals surface area contributed by atoms with Crippen LogP contribution in [0.1, 0.15) is 5.56 Å². The van der Waals surface area contributed by atoms with Crippen LogP contribution in [0.4, 0.5) is 5.69 Å². The van der Waals surface area contributed by atoms with Crippen LogP contribution < -0.4 is 9.46 Å². The molecule has 2 N–H and O–H groups in total. The third-order valence-electron chi connectivity index (χ3n) is 3.20.